The van der Waals surface area contributed by atoms with Crippen molar-refractivity contribution in [3.63, 3.8) is 0 Å². The van der Waals surface area contributed by atoms with Crippen molar-refractivity contribution >= 4 is 17.5 Å². The Balaban J connectivity index is 1.60. The molecular formula is C25H29N3O2. The number of unbranched alkanes of at least 4 members (excludes halogenated alkanes) is 3. The Bertz CT molecular complexity index is 883. The van der Waals surface area contributed by atoms with E-state index in [1.165, 1.54) is 0 Å². The molecule has 3 aromatic rings. The summed E-state index contributed by atoms with van der Waals surface area (Å²) in [5.74, 6) is 0.811. The molecule has 0 saturated heterocycles. The Morgan fingerprint density at radius 2 is 1.73 bits per heavy atom. The number of anilines is 2. The molecule has 0 aliphatic carbocycles. The molecule has 2 heterocycles. The van der Waals surface area contributed by atoms with Gasteiger partial charge in [0.05, 0.1) is 18.5 Å². The molecule has 0 amide bonds. The zero-order valence-electron chi connectivity index (χ0n) is 17.5. The van der Waals surface area contributed by atoms with Crippen molar-refractivity contribution in [3.05, 3.63) is 73.2 Å². The number of carbonyl (C=O) groups excluding carboxylic acids is 1. The van der Waals surface area contributed by atoms with Gasteiger partial charge in [-0.3, -0.25) is 9.78 Å². The number of carbonyl (C=O) groups is 1. The lowest BCUT2D eigenvalue weighted by Crippen LogP contribution is -2.19. The summed E-state index contributed by atoms with van der Waals surface area (Å²) in [6.45, 7) is 3.14. The van der Waals surface area contributed by atoms with Gasteiger partial charge in [0.15, 0.2) is 0 Å². The first-order valence-corrected chi connectivity index (χ1v) is 10.6. The van der Waals surface area contributed by atoms with E-state index in [1.54, 1.807) is 6.20 Å². The van der Waals surface area contributed by atoms with Gasteiger partial charge in [0.25, 0.3) is 0 Å². The highest BCUT2D eigenvalue weighted by Crippen LogP contribution is 2.26. The molecular weight excluding hydrogens is 374 g/mol. The summed E-state index contributed by atoms with van der Waals surface area (Å²) >= 11 is 0. The lowest BCUT2D eigenvalue weighted by molar-refractivity contribution is -0.143. The van der Waals surface area contributed by atoms with Crippen molar-refractivity contribution in [1.82, 2.24) is 9.97 Å². The van der Waals surface area contributed by atoms with E-state index in [9.17, 15) is 4.79 Å². The summed E-state index contributed by atoms with van der Waals surface area (Å²) in [6, 6.07) is 18.4. The van der Waals surface area contributed by atoms with Crippen LogP contribution in [0.15, 0.2) is 73.2 Å². The van der Waals surface area contributed by atoms with Crippen LogP contribution in [0.1, 0.15) is 39.0 Å². The van der Waals surface area contributed by atoms with E-state index < -0.39 is 0 Å². The largest absolute Gasteiger partial charge is 0.466 e. The molecule has 156 valence electrons. The summed E-state index contributed by atoms with van der Waals surface area (Å²) in [5, 5.41) is 0. The smallest absolute Gasteiger partial charge is 0.305 e. The van der Waals surface area contributed by atoms with Crippen LogP contribution >= 0.6 is 0 Å². The van der Waals surface area contributed by atoms with Crippen LogP contribution < -0.4 is 4.90 Å². The predicted octanol–water partition coefficient (Wildman–Crippen LogP) is 5.80. The number of pyridine rings is 2. The zero-order chi connectivity index (χ0) is 21.0. The van der Waals surface area contributed by atoms with Crippen LogP contribution in [0.5, 0.6) is 0 Å². The van der Waals surface area contributed by atoms with E-state index in [4.69, 9.17) is 9.72 Å². The fourth-order valence-corrected chi connectivity index (χ4v) is 3.36. The van der Waals surface area contributed by atoms with Gasteiger partial charge in [-0.25, -0.2) is 4.98 Å². The van der Waals surface area contributed by atoms with Gasteiger partial charge in [0, 0.05) is 30.9 Å². The van der Waals surface area contributed by atoms with Gasteiger partial charge in [-0.15, -0.1) is 0 Å². The zero-order valence-corrected chi connectivity index (χ0v) is 17.5. The van der Waals surface area contributed by atoms with Crippen molar-refractivity contribution in [2.75, 3.05) is 18.1 Å². The number of nitrogens with zero attached hydrogens (tertiary/aromatic N) is 3. The van der Waals surface area contributed by atoms with Gasteiger partial charge >= 0.3 is 5.97 Å². The highest BCUT2D eigenvalue weighted by Gasteiger charge is 2.11. The molecule has 0 aliphatic heterocycles. The van der Waals surface area contributed by atoms with Crippen LogP contribution in [0.4, 0.5) is 11.5 Å². The molecule has 0 atom stereocenters. The quantitative estimate of drug-likeness (QED) is 0.299. The number of aromatic nitrogens is 2. The summed E-state index contributed by atoms with van der Waals surface area (Å²) < 4.78 is 4.98. The summed E-state index contributed by atoms with van der Waals surface area (Å²) in [7, 11) is 0. The van der Waals surface area contributed by atoms with Crippen LogP contribution in [0.3, 0.4) is 0 Å². The van der Waals surface area contributed by atoms with Crippen LogP contribution in [-0.2, 0) is 9.53 Å². The Hall–Kier alpha value is -3.21. The molecule has 2 aromatic heterocycles. The fourth-order valence-electron chi connectivity index (χ4n) is 3.36. The molecule has 0 spiro atoms. The first kappa shape index (κ1) is 21.5. The maximum Gasteiger partial charge on any atom is 0.305 e. The molecule has 1 aromatic carbocycles. The third kappa shape index (κ3) is 6.41. The Morgan fingerprint density at radius 3 is 2.43 bits per heavy atom. The second-order valence-electron chi connectivity index (χ2n) is 7.10. The van der Waals surface area contributed by atoms with Gasteiger partial charge < -0.3 is 9.64 Å². The maximum absolute atomic E-state index is 11.4. The molecule has 0 N–H and O–H groups in total. The van der Waals surface area contributed by atoms with Gasteiger partial charge in [-0.1, -0.05) is 43.2 Å². The minimum Gasteiger partial charge on any atom is -0.466 e. The summed E-state index contributed by atoms with van der Waals surface area (Å²) in [6.07, 6.45) is 10.0. The molecule has 0 bridgehead atoms. The molecule has 0 unspecified atom stereocenters. The number of hydrogen-bond acceptors (Lipinski definition) is 5. The molecule has 30 heavy (non-hydrogen) atoms. The van der Waals surface area contributed by atoms with E-state index in [0.717, 1.165) is 54.9 Å². The third-order valence-corrected chi connectivity index (χ3v) is 4.91. The molecule has 0 fully saturated rings. The molecule has 3 rings (SSSR count). The second kappa shape index (κ2) is 11.7. The van der Waals surface area contributed by atoms with Crippen molar-refractivity contribution in [2.45, 2.75) is 39.0 Å². The van der Waals surface area contributed by atoms with Gasteiger partial charge in [-0.2, -0.15) is 0 Å². The Labute approximate surface area is 178 Å². The van der Waals surface area contributed by atoms with Crippen molar-refractivity contribution in [3.8, 4) is 11.1 Å². The van der Waals surface area contributed by atoms with E-state index in [1.807, 2.05) is 43.6 Å². The Morgan fingerprint density at radius 1 is 0.900 bits per heavy atom. The summed E-state index contributed by atoms with van der Waals surface area (Å²) in [5.41, 5.74) is 3.29. The Kier molecular flexibility index (Phi) is 8.39. The molecule has 0 aliphatic rings. The first-order chi connectivity index (χ1) is 14.8. The van der Waals surface area contributed by atoms with Crippen molar-refractivity contribution in [2.24, 2.45) is 0 Å². The lowest BCUT2D eigenvalue weighted by atomic mass is 10.1. The first-order valence-electron chi connectivity index (χ1n) is 10.6. The van der Waals surface area contributed by atoms with E-state index in [0.29, 0.717) is 13.0 Å². The lowest BCUT2D eigenvalue weighted by Gasteiger charge is -2.23. The van der Waals surface area contributed by atoms with E-state index in [2.05, 4.69) is 40.2 Å². The van der Waals surface area contributed by atoms with Crippen LogP contribution in [-0.4, -0.2) is 29.1 Å². The SMILES string of the molecule is CCOC(=O)CCCCCCN(c1cccnc1)c1ccc(-c2ccccc2)cn1. The molecule has 5 nitrogen and oxygen atoms in total. The average Bonchev–Trinajstić information content (AvgIpc) is 2.80. The van der Waals surface area contributed by atoms with Crippen LogP contribution in [0.2, 0.25) is 0 Å². The molecule has 5 heteroatoms. The average molecular weight is 404 g/mol. The monoisotopic (exact) mass is 403 g/mol. The topological polar surface area (TPSA) is 55.3 Å². The minimum absolute atomic E-state index is 0.0998. The normalized spacial score (nSPS) is 10.6. The standard InChI is InChI=1S/C25H29N3O2/c1-2-30-25(29)14-8-3-4-9-18-28(23-13-10-17-26-20-23)24-16-15-22(19-27-24)21-11-6-5-7-12-21/h5-7,10-13,15-17,19-20H,2-4,8-9,14,18H2,1H3. The number of ether oxygens (including phenoxy) is 1. The summed E-state index contributed by atoms with van der Waals surface area (Å²) in [4.78, 5) is 22.6. The number of esters is 1. The molecule has 0 radical (unpaired) electrons. The fraction of sp³-hybridized carbons (Fsp3) is 0.320. The van der Waals surface area contributed by atoms with Gasteiger partial charge in [-0.05, 0) is 49.6 Å². The minimum atomic E-state index is -0.0998. The molecule has 0 saturated carbocycles. The van der Waals surface area contributed by atoms with Crippen LogP contribution in [0, 0.1) is 0 Å². The van der Waals surface area contributed by atoms with Crippen LogP contribution in [0.25, 0.3) is 11.1 Å². The maximum atomic E-state index is 11.4. The van der Waals surface area contributed by atoms with Crippen molar-refractivity contribution < 1.29 is 9.53 Å². The number of benzene rings is 1. The number of rotatable bonds is 11. The van der Waals surface area contributed by atoms with E-state index >= 15 is 0 Å². The predicted molar refractivity (Wildman–Crippen MR) is 121 cm³/mol. The highest BCUT2D eigenvalue weighted by molar-refractivity contribution is 5.69. The number of hydrogen-bond donors (Lipinski definition) is 0. The van der Waals surface area contributed by atoms with Gasteiger partial charge in [0.1, 0.15) is 5.82 Å². The second-order valence-corrected chi connectivity index (χ2v) is 7.10. The van der Waals surface area contributed by atoms with E-state index in [-0.39, 0.29) is 5.97 Å². The third-order valence-electron chi connectivity index (χ3n) is 4.91. The highest BCUT2D eigenvalue weighted by atomic mass is 16.5. The van der Waals surface area contributed by atoms with Gasteiger partial charge in [0.2, 0.25) is 0 Å². The van der Waals surface area contributed by atoms with Crippen molar-refractivity contribution in [1.29, 1.82) is 0 Å².